The quantitative estimate of drug-likeness (QED) is 0.731. The monoisotopic (exact) mass is 210 g/mol. The van der Waals surface area contributed by atoms with Crippen LogP contribution >= 0.6 is 0 Å². The van der Waals surface area contributed by atoms with Crippen molar-refractivity contribution in [2.45, 2.75) is 20.0 Å². The average molecular weight is 210 g/mol. The summed E-state index contributed by atoms with van der Waals surface area (Å²) in [6.07, 6.45) is -0.428. The van der Waals surface area contributed by atoms with E-state index >= 15 is 0 Å². The summed E-state index contributed by atoms with van der Waals surface area (Å²) in [7, 11) is 0. The fourth-order valence-corrected chi connectivity index (χ4v) is 1.21. The van der Waals surface area contributed by atoms with Gasteiger partial charge in [0.25, 0.3) is 0 Å². The number of aliphatic hydroxyl groups is 1. The molecule has 1 atom stereocenters. The number of benzene rings is 1. The summed E-state index contributed by atoms with van der Waals surface area (Å²) in [4.78, 5) is 0. The van der Waals surface area contributed by atoms with Crippen LogP contribution in [0, 0.1) is 0 Å². The molecule has 0 spiro atoms. The Morgan fingerprint density at radius 1 is 1.20 bits per heavy atom. The third kappa shape index (κ3) is 4.32. The number of rotatable bonds is 6. The first kappa shape index (κ1) is 12.0. The van der Waals surface area contributed by atoms with Crippen molar-refractivity contribution in [2.75, 3.05) is 19.8 Å². The molecule has 0 aliphatic carbocycles. The number of hydrogen-bond acceptors (Lipinski definition) is 3. The minimum absolute atomic E-state index is 0.428. The van der Waals surface area contributed by atoms with Crippen molar-refractivity contribution < 1.29 is 14.6 Å². The molecule has 1 unspecified atom stereocenters. The van der Waals surface area contributed by atoms with Crippen molar-refractivity contribution in [3.63, 3.8) is 0 Å². The van der Waals surface area contributed by atoms with Crippen LogP contribution in [0.25, 0.3) is 0 Å². The Morgan fingerprint density at radius 2 is 1.87 bits per heavy atom. The smallest absolute Gasteiger partial charge is 0.119 e. The summed E-state index contributed by atoms with van der Waals surface area (Å²) in [5, 5.41) is 9.30. The third-order valence-electron chi connectivity index (χ3n) is 2.06. The van der Waals surface area contributed by atoms with E-state index in [1.165, 1.54) is 0 Å². The fraction of sp³-hybridized carbons (Fsp3) is 0.500. The van der Waals surface area contributed by atoms with Crippen LogP contribution in [-0.2, 0) is 4.74 Å². The maximum absolute atomic E-state index is 9.30. The van der Waals surface area contributed by atoms with Gasteiger partial charge in [-0.2, -0.15) is 0 Å². The van der Waals surface area contributed by atoms with Gasteiger partial charge in [0.05, 0.1) is 12.7 Å². The molecule has 3 nitrogen and oxygen atoms in total. The second-order valence-electron chi connectivity index (χ2n) is 3.29. The van der Waals surface area contributed by atoms with Gasteiger partial charge in [0.1, 0.15) is 12.4 Å². The van der Waals surface area contributed by atoms with Gasteiger partial charge in [0.2, 0.25) is 0 Å². The summed E-state index contributed by atoms with van der Waals surface area (Å²) in [6.45, 7) is 5.57. The summed E-state index contributed by atoms with van der Waals surface area (Å²) in [6, 6.07) is 7.43. The van der Waals surface area contributed by atoms with E-state index in [1.54, 1.807) is 6.92 Å². The van der Waals surface area contributed by atoms with Crippen molar-refractivity contribution in [2.24, 2.45) is 0 Å². The summed E-state index contributed by atoms with van der Waals surface area (Å²) in [5.41, 5.74) is 0.896. The van der Waals surface area contributed by atoms with Gasteiger partial charge in [-0.25, -0.2) is 0 Å². The Bertz CT molecular complexity index is 267. The highest BCUT2D eigenvalue weighted by atomic mass is 16.5. The van der Waals surface area contributed by atoms with Crippen molar-refractivity contribution in [3.8, 4) is 5.75 Å². The highest BCUT2D eigenvalue weighted by molar-refractivity contribution is 5.28. The molecule has 0 aliphatic heterocycles. The van der Waals surface area contributed by atoms with E-state index in [4.69, 9.17) is 9.47 Å². The van der Waals surface area contributed by atoms with E-state index in [-0.39, 0.29) is 0 Å². The van der Waals surface area contributed by atoms with Crippen molar-refractivity contribution in [1.29, 1.82) is 0 Å². The van der Waals surface area contributed by atoms with Gasteiger partial charge in [0.15, 0.2) is 0 Å². The Balaban J connectivity index is 2.36. The van der Waals surface area contributed by atoms with Gasteiger partial charge in [-0.3, -0.25) is 0 Å². The minimum Gasteiger partial charge on any atom is -0.491 e. The molecule has 0 aliphatic rings. The first-order chi connectivity index (χ1) is 7.24. The predicted molar refractivity (Wildman–Crippen MR) is 59.1 cm³/mol. The molecule has 0 radical (unpaired) electrons. The molecule has 0 aromatic heterocycles. The Morgan fingerprint density at radius 3 is 2.40 bits per heavy atom. The van der Waals surface area contributed by atoms with Crippen LogP contribution < -0.4 is 4.74 Å². The van der Waals surface area contributed by atoms with Crippen molar-refractivity contribution in [1.82, 2.24) is 0 Å². The van der Waals surface area contributed by atoms with Gasteiger partial charge in [-0.1, -0.05) is 12.1 Å². The molecule has 3 heteroatoms. The lowest BCUT2D eigenvalue weighted by Gasteiger charge is -2.08. The first-order valence-electron chi connectivity index (χ1n) is 5.22. The highest BCUT2D eigenvalue weighted by Crippen LogP contribution is 2.16. The molecule has 1 N–H and O–H groups in total. The number of hydrogen-bond donors (Lipinski definition) is 1. The van der Waals surface area contributed by atoms with Gasteiger partial charge in [0, 0.05) is 6.61 Å². The normalized spacial score (nSPS) is 12.5. The Kier molecular flexibility index (Phi) is 5.15. The van der Waals surface area contributed by atoms with E-state index in [9.17, 15) is 5.11 Å². The molecule has 0 bridgehead atoms. The zero-order chi connectivity index (χ0) is 11.1. The molecule has 0 amide bonds. The summed E-state index contributed by atoms with van der Waals surface area (Å²) < 4.78 is 10.6. The molecular weight excluding hydrogens is 192 g/mol. The second-order valence-corrected chi connectivity index (χ2v) is 3.29. The van der Waals surface area contributed by atoms with Gasteiger partial charge in [-0.15, -0.1) is 0 Å². The van der Waals surface area contributed by atoms with Crippen LogP contribution in [0.3, 0.4) is 0 Å². The molecule has 1 aromatic carbocycles. The van der Waals surface area contributed by atoms with E-state index in [2.05, 4.69) is 0 Å². The Hall–Kier alpha value is -1.06. The zero-order valence-corrected chi connectivity index (χ0v) is 9.27. The SMILES string of the molecule is CCOCCOc1ccc(C(C)O)cc1. The zero-order valence-electron chi connectivity index (χ0n) is 9.27. The maximum Gasteiger partial charge on any atom is 0.119 e. The van der Waals surface area contributed by atoms with Gasteiger partial charge >= 0.3 is 0 Å². The fourth-order valence-electron chi connectivity index (χ4n) is 1.21. The van der Waals surface area contributed by atoms with Crippen LogP contribution in [0.4, 0.5) is 0 Å². The van der Waals surface area contributed by atoms with E-state index in [0.717, 1.165) is 11.3 Å². The standard InChI is InChI=1S/C12H18O3/c1-3-14-8-9-15-12-6-4-11(5-7-12)10(2)13/h4-7,10,13H,3,8-9H2,1-2H3. The highest BCUT2D eigenvalue weighted by Gasteiger charge is 2.00. The number of ether oxygens (including phenoxy) is 2. The lowest BCUT2D eigenvalue weighted by Crippen LogP contribution is -2.06. The average Bonchev–Trinajstić information content (AvgIpc) is 2.25. The van der Waals surface area contributed by atoms with E-state index in [1.807, 2.05) is 31.2 Å². The van der Waals surface area contributed by atoms with Crippen LogP contribution in [0.5, 0.6) is 5.75 Å². The molecule has 0 saturated heterocycles. The molecule has 1 aromatic rings. The lowest BCUT2D eigenvalue weighted by molar-refractivity contribution is 0.110. The molecule has 0 saturated carbocycles. The lowest BCUT2D eigenvalue weighted by atomic mass is 10.1. The molecule has 84 valence electrons. The van der Waals surface area contributed by atoms with Crippen LogP contribution in [0.2, 0.25) is 0 Å². The van der Waals surface area contributed by atoms with E-state index < -0.39 is 6.10 Å². The molecule has 15 heavy (non-hydrogen) atoms. The molecule has 0 heterocycles. The van der Waals surface area contributed by atoms with E-state index in [0.29, 0.717) is 19.8 Å². The minimum atomic E-state index is -0.428. The first-order valence-corrected chi connectivity index (χ1v) is 5.22. The van der Waals surface area contributed by atoms with Gasteiger partial charge in [-0.05, 0) is 31.5 Å². The molecule has 0 fully saturated rings. The summed E-state index contributed by atoms with van der Waals surface area (Å²) in [5.74, 6) is 0.805. The summed E-state index contributed by atoms with van der Waals surface area (Å²) >= 11 is 0. The van der Waals surface area contributed by atoms with Crippen molar-refractivity contribution in [3.05, 3.63) is 29.8 Å². The van der Waals surface area contributed by atoms with Crippen LogP contribution in [-0.4, -0.2) is 24.9 Å². The largest absolute Gasteiger partial charge is 0.491 e. The topological polar surface area (TPSA) is 38.7 Å². The molecular formula is C12H18O3. The number of aliphatic hydroxyl groups excluding tert-OH is 1. The van der Waals surface area contributed by atoms with Crippen molar-refractivity contribution >= 4 is 0 Å². The predicted octanol–water partition coefficient (Wildman–Crippen LogP) is 2.16. The Labute approximate surface area is 90.6 Å². The third-order valence-corrected chi connectivity index (χ3v) is 2.06. The van der Waals surface area contributed by atoms with Gasteiger partial charge < -0.3 is 14.6 Å². The maximum atomic E-state index is 9.30. The molecule has 1 rings (SSSR count). The van der Waals surface area contributed by atoms with Crippen LogP contribution in [0.1, 0.15) is 25.5 Å². The van der Waals surface area contributed by atoms with Crippen LogP contribution in [0.15, 0.2) is 24.3 Å². The second kappa shape index (κ2) is 6.43.